The fourth-order valence-corrected chi connectivity index (χ4v) is 4.12. The second-order valence-electron chi connectivity index (χ2n) is 6.72. The Morgan fingerprint density at radius 3 is 2.24 bits per heavy atom. The monoisotopic (exact) mass is 482 g/mol. The fraction of sp³-hybridized carbons (Fsp3) is 0.130. The highest BCUT2D eigenvalue weighted by Gasteiger charge is 2.20. The number of nitrogens with zero attached hydrogens (tertiary/aromatic N) is 3. The largest absolute Gasteiger partial charge is 0.494 e. The molecule has 3 rings (SSSR count). The number of nitrogens with one attached hydrogen (secondary N) is 1. The normalized spacial score (nSPS) is 11.2. The molecule has 1 N–H and O–H groups in total. The first-order chi connectivity index (χ1) is 15.8. The van der Waals surface area contributed by atoms with Gasteiger partial charge in [0.2, 0.25) is 5.11 Å². The molecular formula is C23H22N4O4S2. The standard InChI is InChI=1S/C23H22N4O4S2/c1-3-31-20-13-9-17(10-14-20)22(28)24-23(32)26-25-18-11-15-21(16-12-18)33(29,30)27(2)19-7-5-4-6-8-19/h4-16H,3H2,1-2H3,(H,24,28,32). The first-order valence-electron chi connectivity index (χ1n) is 9.95. The van der Waals surface area contributed by atoms with Crippen LogP contribution in [0.2, 0.25) is 0 Å². The summed E-state index contributed by atoms with van der Waals surface area (Å²) in [6.45, 7) is 2.41. The van der Waals surface area contributed by atoms with Crippen molar-refractivity contribution < 1.29 is 17.9 Å². The topological polar surface area (TPSA) is 100 Å². The summed E-state index contributed by atoms with van der Waals surface area (Å²) in [6, 6.07) is 21.3. The van der Waals surface area contributed by atoms with E-state index < -0.39 is 15.9 Å². The fourth-order valence-electron chi connectivity index (χ4n) is 2.79. The Labute approximate surface area is 198 Å². The van der Waals surface area contributed by atoms with Crippen molar-refractivity contribution in [1.29, 1.82) is 0 Å². The summed E-state index contributed by atoms with van der Waals surface area (Å²) in [6.07, 6.45) is 0. The molecule has 33 heavy (non-hydrogen) atoms. The summed E-state index contributed by atoms with van der Waals surface area (Å²) >= 11 is 5.05. The molecule has 0 aromatic heterocycles. The summed E-state index contributed by atoms with van der Waals surface area (Å²) in [5.74, 6) is 0.240. The summed E-state index contributed by atoms with van der Waals surface area (Å²) in [5.41, 5.74) is 1.33. The molecule has 0 saturated carbocycles. The predicted molar refractivity (Wildman–Crippen MR) is 131 cm³/mol. The van der Waals surface area contributed by atoms with Gasteiger partial charge in [0.15, 0.2) is 0 Å². The number of sulfonamides is 1. The SMILES string of the molecule is CCOc1ccc(C(=O)NC(=S)N=Nc2ccc(S(=O)(=O)N(C)c3ccccc3)cc2)cc1. The van der Waals surface area contributed by atoms with Crippen molar-refractivity contribution in [3.63, 3.8) is 0 Å². The Bertz CT molecular complexity index is 1240. The number of thiocarbonyl (C=S) groups is 1. The van der Waals surface area contributed by atoms with Crippen LogP contribution < -0.4 is 14.4 Å². The number of azo groups is 1. The van der Waals surface area contributed by atoms with Gasteiger partial charge in [0.25, 0.3) is 15.9 Å². The van der Waals surface area contributed by atoms with Gasteiger partial charge in [-0.15, -0.1) is 10.2 Å². The number of benzene rings is 3. The molecule has 3 aromatic carbocycles. The van der Waals surface area contributed by atoms with E-state index in [-0.39, 0.29) is 10.0 Å². The van der Waals surface area contributed by atoms with Crippen LogP contribution in [0.4, 0.5) is 11.4 Å². The zero-order valence-corrected chi connectivity index (χ0v) is 19.6. The molecule has 0 aliphatic rings. The van der Waals surface area contributed by atoms with E-state index in [0.29, 0.717) is 29.3 Å². The van der Waals surface area contributed by atoms with E-state index in [4.69, 9.17) is 17.0 Å². The average Bonchev–Trinajstić information content (AvgIpc) is 2.83. The molecule has 0 aliphatic heterocycles. The Balaban J connectivity index is 1.62. The van der Waals surface area contributed by atoms with Crippen LogP contribution in [0.5, 0.6) is 5.75 Å². The molecule has 10 heteroatoms. The van der Waals surface area contributed by atoms with Crippen molar-refractivity contribution >= 4 is 44.6 Å². The van der Waals surface area contributed by atoms with E-state index in [1.807, 2.05) is 13.0 Å². The summed E-state index contributed by atoms with van der Waals surface area (Å²) in [7, 11) is -2.23. The van der Waals surface area contributed by atoms with Crippen LogP contribution in [0.15, 0.2) is 94.0 Å². The molecule has 170 valence electrons. The highest BCUT2D eigenvalue weighted by Crippen LogP contribution is 2.23. The minimum absolute atomic E-state index is 0.110. The van der Waals surface area contributed by atoms with Gasteiger partial charge in [-0.2, -0.15) is 0 Å². The number of rotatable bonds is 7. The number of carbonyl (C=O) groups excluding carboxylic acids is 1. The lowest BCUT2D eigenvalue weighted by atomic mass is 10.2. The molecule has 0 atom stereocenters. The summed E-state index contributed by atoms with van der Waals surface area (Å²) < 4.78 is 32.2. The highest BCUT2D eigenvalue weighted by atomic mass is 32.2. The van der Waals surface area contributed by atoms with Gasteiger partial charge < -0.3 is 4.74 Å². The van der Waals surface area contributed by atoms with Crippen LogP contribution in [0.1, 0.15) is 17.3 Å². The van der Waals surface area contributed by atoms with Crippen LogP contribution in [-0.4, -0.2) is 33.1 Å². The molecule has 0 saturated heterocycles. The number of carbonyl (C=O) groups is 1. The van der Waals surface area contributed by atoms with Gasteiger partial charge in [-0.1, -0.05) is 18.2 Å². The lowest BCUT2D eigenvalue weighted by Crippen LogP contribution is -2.27. The maximum atomic E-state index is 12.8. The highest BCUT2D eigenvalue weighted by molar-refractivity contribution is 7.92. The molecule has 0 aliphatic carbocycles. The number of hydrogen-bond acceptors (Lipinski definition) is 6. The third-order valence-corrected chi connectivity index (χ3v) is 6.50. The van der Waals surface area contributed by atoms with Crippen molar-refractivity contribution in [3.05, 3.63) is 84.4 Å². The predicted octanol–water partition coefficient (Wildman–Crippen LogP) is 4.71. The van der Waals surface area contributed by atoms with Crippen LogP contribution in [0.25, 0.3) is 0 Å². The number of ether oxygens (including phenoxy) is 1. The number of hydrogen-bond donors (Lipinski definition) is 1. The lowest BCUT2D eigenvalue weighted by Gasteiger charge is -2.19. The second kappa shape index (κ2) is 10.8. The van der Waals surface area contributed by atoms with E-state index in [1.165, 1.54) is 35.6 Å². The molecule has 1 amide bonds. The zero-order chi connectivity index (χ0) is 23.8. The number of para-hydroxylation sites is 1. The summed E-state index contributed by atoms with van der Waals surface area (Å²) in [5, 5.41) is 10.1. The molecule has 0 unspecified atom stereocenters. The quantitative estimate of drug-likeness (QED) is 0.388. The first kappa shape index (κ1) is 24.0. The molecule has 0 radical (unpaired) electrons. The number of anilines is 1. The maximum Gasteiger partial charge on any atom is 0.264 e. The molecular weight excluding hydrogens is 460 g/mol. The van der Waals surface area contributed by atoms with E-state index in [1.54, 1.807) is 48.5 Å². The van der Waals surface area contributed by atoms with E-state index in [9.17, 15) is 13.2 Å². The van der Waals surface area contributed by atoms with E-state index in [0.717, 1.165) is 0 Å². The van der Waals surface area contributed by atoms with Crippen molar-refractivity contribution in [2.24, 2.45) is 10.2 Å². The van der Waals surface area contributed by atoms with E-state index in [2.05, 4.69) is 15.5 Å². The van der Waals surface area contributed by atoms with Gasteiger partial charge in [0.1, 0.15) is 5.75 Å². The van der Waals surface area contributed by atoms with Gasteiger partial charge in [0, 0.05) is 12.6 Å². The molecule has 3 aromatic rings. The Morgan fingerprint density at radius 2 is 1.64 bits per heavy atom. The Morgan fingerprint density at radius 1 is 1.00 bits per heavy atom. The van der Waals surface area contributed by atoms with Crippen LogP contribution in [-0.2, 0) is 10.0 Å². The number of amides is 1. The molecule has 0 fully saturated rings. The van der Waals surface area contributed by atoms with Crippen molar-refractivity contribution in [2.75, 3.05) is 18.0 Å². The Kier molecular flexibility index (Phi) is 7.86. The van der Waals surface area contributed by atoms with Crippen LogP contribution in [0.3, 0.4) is 0 Å². The van der Waals surface area contributed by atoms with Gasteiger partial charge >= 0.3 is 0 Å². The van der Waals surface area contributed by atoms with E-state index >= 15 is 0 Å². The molecule has 8 nitrogen and oxygen atoms in total. The minimum Gasteiger partial charge on any atom is -0.494 e. The smallest absolute Gasteiger partial charge is 0.264 e. The van der Waals surface area contributed by atoms with Crippen LogP contribution >= 0.6 is 12.2 Å². The second-order valence-corrected chi connectivity index (χ2v) is 9.07. The van der Waals surface area contributed by atoms with Crippen molar-refractivity contribution in [3.8, 4) is 5.75 Å². The summed E-state index contributed by atoms with van der Waals surface area (Å²) in [4.78, 5) is 12.4. The lowest BCUT2D eigenvalue weighted by molar-refractivity contribution is 0.0977. The molecule has 0 bridgehead atoms. The van der Waals surface area contributed by atoms with Gasteiger partial charge in [-0.05, 0) is 79.8 Å². The molecule has 0 heterocycles. The molecule has 0 spiro atoms. The zero-order valence-electron chi connectivity index (χ0n) is 18.0. The van der Waals surface area contributed by atoms with Crippen molar-refractivity contribution in [2.45, 2.75) is 11.8 Å². The third-order valence-electron chi connectivity index (χ3n) is 4.52. The maximum absolute atomic E-state index is 12.8. The Hall–Kier alpha value is -3.63. The van der Waals surface area contributed by atoms with Gasteiger partial charge in [-0.3, -0.25) is 14.4 Å². The minimum atomic E-state index is -3.72. The average molecular weight is 483 g/mol. The van der Waals surface area contributed by atoms with Gasteiger partial charge in [0.05, 0.1) is 22.9 Å². The third kappa shape index (κ3) is 6.21. The first-order valence-corrected chi connectivity index (χ1v) is 11.8. The van der Waals surface area contributed by atoms with Crippen LogP contribution in [0, 0.1) is 0 Å². The van der Waals surface area contributed by atoms with Crippen molar-refractivity contribution in [1.82, 2.24) is 5.32 Å². The van der Waals surface area contributed by atoms with Gasteiger partial charge in [-0.25, -0.2) is 8.42 Å².